The molecule has 0 aromatic heterocycles. The highest BCUT2D eigenvalue weighted by atomic mass is 35.5. The van der Waals surface area contributed by atoms with E-state index in [1.54, 1.807) is 32.9 Å². The number of carbonyl (C=O) groups excluding carboxylic acids is 3. The number of rotatable bonds is 5. The van der Waals surface area contributed by atoms with E-state index in [2.05, 4.69) is 0 Å². The maximum atomic E-state index is 12.8. The zero-order valence-electron chi connectivity index (χ0n) is 19.1. The van der Waals surface area contributed by atoms with Crippen LogP contribution in [-0.4, -0.2) is 82.4 Å². The van der Waals surface area contributed by atoms with Gasteiger partial charge in [0.2, 0.25) is 17.7 Å². The summed E-state index contributed by atoms with van der Waals surface area (Å²) in [5.41, 5.74) is 0.898. The number of hydrogen-bond donors (Lipinski definition) is 1. The predicted octanol–water partition coefficient (Wildman–Crippen LogP) is 2.57. The number of amides is 3. The summed E-state index contributed by atoms with van der Waals surface area (Å²) in [5, 5.41) is 11.0. The first kappa shape index (κ1) is 23.8. The van der Waals surface area contributed by atoms with Crippen LogP contribution in [0.3, 0.4) is 0 Å². The molecule has 8 heteroatoms. The van der Waals surface area contributed by atoms with E-state index in [0.29, 0.717) is 37.7 Å². The van der Waals surface area contributed by atoms with Crippen molar-refractivity contribution in [3.05, 3.63) is 40.9 Å². The molecule has 1 aliphatic carbocycles. The van der Waals surface area contributed by atoms with Crippen LogP contribution in [0, 0.1) is 5.41 Å². The van der Waals surface area contributed by atoms with E-state index in [9.17, 15) is 19.5 Å². The van der Waals surface area contributed by atoms with Crippen molar-refractivity contribution in [1.82, 2.24) is 14.7 Å². The molecule has 7 nitrogen and oxygen atoms in total. The summed E-state index contributed by atoms with van der Waals surface area (Å²) in [6, 6.07) is 7.10. The fourth-order valence-corrected chi connectivity index (χ4v) is 5.11. The van der Waals surface area contributed by atoms with E-state index in [-0.39, 0.29) is 42.0 Å². The summed E-state index contributed by atoms with van der Waals surface area (Å²) in [6.45, 7) is 4.08. The minimum Gasteiger partial charge on any atom is -0.391 e. The lowest BCUT2D eigenvalue weighted by Gasteiger charge is -2.36. The van der Waals surface area contributed by atoms with Crippen LogP contribution in [0.5, 0.6) is 0 Å². The molecule has 3 aliphatic rings. The normalized spacial score (nSPS) is 24.9. The molecular weight excluding hydrogens is 442 g/mol. The number of aliphatic hydroxyl groups is 1. The zero-order valence-corrected chi connectivity index (χ0v) is 19.8. The van der Waals surface area contributed by atoms with E-state index < -0.39 is 6.10 Å². The van der Waals surface area contributed by atoms with Gasteiger partial charge >= 0.3 is 0 Å². The molecule has 2 aliphatic heterocycles. The number of carbonyl (C=O) groups is 3. The van der Waals surface area contributed by atoms with Crippen LogP contribution in [-0.2, 0) is 14.4 Å². The van der Waals surface area contributed by atoms with Crippen molar-refractivity contribution in [2.45, 2.75) is 51.2 Å². The van der Waals surface area contributed by atoms with Crippen LogP contribution in [0.25, 0.3) is 6.08 Å². The van der Waals surface area contributed by atoms with Gasteiger partial charge in [-0.25, -0.2) is 0 Å². The fourth-order valence-electron chi connectivity index (χ4n) is 4.91. The molecule has 2 heterocycles. The quantitative estimate of drug-likeness (QED) is 0.666. The minimum absolute atomic E-state index is 0.0216. The van der Waals surface area contributed by atoms with Crippen molar-refractivity contribution < 1.29 is 19.5 Å². The van der Waals surface area contributed by atoms with Crippen LogP contribution >= 0.6 is 11.6 Å². The molecule has 1 aromatic rings. The minimum atomic E-state index is -0.436. The van der Waals surface area contributed by atoms with Crippen molar-refractivity contribution in [3.63, 3.8) is 0 Å². The number of halogens is 1. The fraction of sp³-hybridized carbons (Fsp3) is 0.560. The maximum absolute atomic E-state index is 12.8. The summed E-state index contributed by atoms with van der Waals surface area (Å²) < 4.78 is 0. The SMILES string of the molecule is C[C@@H]1CN(CCC(=O)N2CCC3(CC3)[C@H](O)C2)C(=O)CCN1C(=O)C=Cc1cccc(Cl)c1. The number of nitrogens with zero attached hydrogens (tertiary/aromatic N) is 3. The van der Waals surface area contributed by atoms with Crippen molar-refractivity contribution in [3.8, 4) is 0 Å². The third-order valence-electron chi connectivity index (χ3n) is 7.31. The van der Waals surface area contributed by atoms with Gasteiger partial charge < -0.3 is 19.8 Å². The van der Waals surface area contributed by atoms with Gasteiger partial charge in [-0.3, -0.25) is 14.4 Å². The Labute approximate surface area is 200 Å². The van der Waals surface area contributed by atoms with Gasteiger partial charge in [-0.15, -0.1) is 0 Å². The Morgan fingerprint density at radius 2 is 2.00 bits per heavy atom. The lowest BCUT2D eigenvalue weighted by molar-refractivity contribution is -0.138. The molecule has 1 aromatic carbocycles. The molecule has 4 rings (SSSR count). The van der Waals surface area contributed by atoms with Gasteiger partial charge in [0.1, 0.15) is 0 Å². The molecule has 1 N–H and O–H groups in total. The Hall–Kier alpha value is -2.38. The van der Waals surface area contributed by atoms with Gasteiger partial charge in [-0.2, -0.15) is 0 Å². The van der Waals surface area contributed by atoms with Crippen LogP contribution < -0.4 is 0 Å². The molecule has 3 amide bonds. The monoisotopic (exact) mass is 473 g/mol. The Balaban J connectivity index is 1.29. The van der Waals surface area contributed by atoms with Crippen LogP contribution in [0.1, 0.15) is 44.6 Å². The second-order valence-corrected chi connectivity index (χ2v) is 10.0. The van der Waals surface area contributed by atoms with E-state index in [0.717, 1.165) is 24.8 Å². The highest BCUT2D eigenvalue weighted by Gasteiger charge is 2.51. The Kier molecular flexibility index (Phi) is 7.10. The van der Waals surface area contributed by atoms with Gasteiger partial charge in [0.15, 0.2) is 0 Å². The van der Waals surface area contributed by atoms with Gasteiger partial charge in [0.05, 0.1) is 6.10 Å². The van der Waals surface area contributed by atoms with Crippen molar-refractivity contribution in [2.24, 2.45) is 5.41 Å². The van der Waals surface area contributed by atoms with E-state index in [1.807, 2.05) is 19.1 Å². The van der Waals surface area contributed by atoms with Crippen LogP contribution in [0.15, 0.2) is 30.3 Å². The number of hydrogen-bond acceptors (Lipinski definition) is 4. The average Bonchev–Trinajstić information content (AvgIpc) is 3.58. The topological polar surface area (TPSA) is 81.2 Å². The van der Waals surface area contributed by atoms with Crippen LogP contribution in [0.2, 0.25) is 5.02 Å². The lowest BCUT2D eigenvalue weighted by atomic mass is 9.90. The van der Waals surface area contributed by atoms with E-state index in [1.165, 1.54) is 6.08 Å². The number of aliphatic hydroxyl groups excluding tert-OH is 1. The highest BCUT2D eigenvalue weighted by Crippen LogP contribution is 2.53. The molecule has 178 valence electrons. The first-order valence-electron chi connectivity index (χ1n) is 11.8. The lowest BCUT2D eigenvalue weighted by Crippen LogP contribution is -2.48. The van der Waals surface area contributed by atoms with Crippen molar-refractivity contribution in [2.75, 3.05) is 32.7 Å². The molecule has 0 bridgehead atoms. The zero-order chi connectivity index (χ0) is 23.6. The van der Waals surface area contributed by atoms with Crippen LogP contribution in [0.4, 0.5) is 0 Å². The molecule has 1 spiro atoms. The summed E-state index contributed by atoms with van der Waals surface area (Å²) in [4.78, 5) is 43.3. The summed E-state index contributed by atoms with van der Waals surface area (Å²) in [6.07, 6.45) is 6.25. The summed E-state index contributed by atoms with van der Waals surface area (Å²) >= 11 is 6.00. The second-order valence-electron chi connectivity index (χ2n) is 9.58. The first-order chi connectivity index (χ1) is 15.8. The molecule has 3 fully saturated rings. The molecule has 0 radical (unpaired) electrons. The average molecular weight is 474 g/mol. The predicted molar refractivity (Wildman–Crippen MR) is 126 cm³/mol. The van der Waals surface area contributed by atoms with Gasteiger partial charge in [0, 0.05) is 62.7 Å². The van der Waals surface area contributed by atoms with E-state index >= 15 is 0 Å². The molecular formula is C25H32ClN3O4. The number of likely N-dealkylation sites (tertiary alicyclic amines) is 1. The third-order valence-corrected chi connectivity index (χ3v) is 7.54. The third kappa shape index (κ3) is 5.58. The summed E-state index contributed by atoms with van der Waals surface area (Å²) in [5.74, 6) is -0.212. The van der Waals surface area contributed by atoms with Gasteiger partial charge in [0.25, 0.3) is 0 Å². The molecule has 0 unspecified atom stereocenters. The highest BCUT2D eigenvalue weighted by molar-refractivity contribution is 6.30. The maximum Gasteiger partial charge on any atom is 0.246 e. The second kappa shape index (κ2) is 9.85. The molecule has 1 saturated carbocycles. The largest absolute Gasteiger partial charge is 0.391 e. The Bertz CT molecular complexity index is 945. The van der Waals surface area contributed by atoms with Gasteiger partial charge in [-0.05, 0) is 55.4 Å². The number of β-amino-alcohol motifs (C(OH)–C–C–N with tert-alkyl or cyclic N) is 1. The standard InChI is InChI=1S/C25H32ClN3O4/c1-18-16-27(12-7-22(31)28-14-11-25(9-10-25)21(30)17-28)23(32)8-13-29(18)24(33)6-5-19-3-2-4-20(26)15-19/h2-6,15,18,21,30H,7-14,16-17H2,1H3/t18-,21-/m1/s1. The van der Waals surface area contributed by atoms with Gasteiger partial charge in [-0.1, -0.05) is 23.7 Å². The Morgan fingerprint density at radius 3 is 2.70 bits per heavy atom. The number of piperidine rings is 1. The Morgan fingerprint density at radius 1 is 1.21 bits per heavy atom. The molecule has 2 atom stereocenters. The molecule has 2 saturated heterocycles. The number of benzene rings is 1. The van der Waals surface area contributed by atoms with E-state index in [4.69, 9.17) is 11.6 Å². The van der Waals surface area contributed by atoms with Crippen molar-refractivity contribution in [1.29, 1.82) is 0 Å². The molecule has 33 heavy (non-hydrogen) atoms. The summed E-state index contributed by atoms with van der Waals surface area (Å²) in [7, 11) is 0. The first-order valence-corrected chi connectivity index (χ1v) is 12.1. The van der Waals surface area contributed by atoms with Crippen molar-refractivity contribution >= 4 is 35.4 Å². The smallest absolute Gasteiger partial charge is 0.246 e.